The number of nitrogens with zero attached hydrogens (tertiary/aromatic N) is 1. The molecular formula is C15H9NS. The number of aromatic nitrogens is 1. The maximum atomic E-state index is 5.38. The maximum absolute atomic E-state index is 5.38. The Balaban J connectivity index is 2.18. The summed E-state index contributed by atoms with van der Waals surface area (Å²) in [5.74, 6) is 2.63. The highest BCUT2D eigenvalue weighted by Gasteiger charge is 2.05. The number of rotatable bonds is 1. The van der Waals surface area contributed by atoms with E-state index in [1.54, 1.807) is 11.3 Å². The van der Waals surface area contributed by atoms with Crippen molar-refractivity contribution >= 4 is 21.6 Å². The fourth-order valence-corrected chi connectivity index (χ4v) is 2.67. The van der Waals surface area contributed by atoms with Crippen LogP contribution in [0.5, 0.6) is 0 Å². The molecule has 3 rings (SSSR count). The Kier molecular flexibility index (Phi) is 2.40. The van der Waals surface area contributed by atoms with E-state index >= 15 is 0 Å². The van der Waals surface area contributed by atoms with E-state index in [0.717, 1.165) is 21.7 Å². The van der Waals surface area contributed by atoms with Crippen molar-refractivity contribution in [3.05, 3.63) is 54.1 Å². The predicted octanol–water partition coefficient (Wildman–Crippen LogP) is 3.94. The molecular weight excluding hydrogens is 226 g/mol. The maximum Gasteiger partial charge on any atom is 0.124 e. The second kappa shape index (κ2) is 4.04. The monoisotopic (exact) mass is 235 g/mol. The summed E-state index contributed by atoms with van der Waals surface area (Å²) in [5.41, 5.74) is 3.00. The molecule has 0 N–H and O–H groups in total. The van der Waals surface area contributed by atoms with Gasteiger partial charge in [-0.2, -0.15) is 0 Å². The van der Waals surface area contributed by atoms with Crippen LogP contribution in [0.1, 0.15) is 5.56 Å². The van der Waals surface area contributed by atoms with Crippen LogP contribution in [0.2, 0.25) is 0 Å². The summed E-state index contributed by atoms with van der Waals surface area (Å²) in [7, 11) is 0. The molecule has 0 fully saturated rings. The highest BCUT2D eigenvalue weighted by Crippen LogP contribution is 2.30. The molecule has 1 nitrogen and oxygen atoms in total. The van der Waals surface area contributed by atoms with E-state index in [9.17, 15) is 0 Å². The second-order valence-electron chi connectivity index (χ2n) is 3.71. The van der Waals surface area contributed by atoms with Gasteiger partial charge in [-0.15, -0.1) is 17.8 Å². The van der Waals surface area contributed by atoms with Crippen molar-refractivity contribution in [2.75, 3.05) is 0 Å². The summed E-state index contributed by atoms with van der Waals surface area (Å²) in [5, 5.41) is 1.04. The lowest BCUT2D eigenvalue weighted by Gasteiger charge is -1.92. The topological polar surface area (TPSA) is 12.9 Å². The third-order valence-corrected chi connectivity index (χ3v) is 3.66. The molecule has 0 spiro atoms. The van der Waals surface area contributed by atoms with Crippen LogP contribution in [-0.4, -0.2) is 4.98 Å². The van der Waals surface area contributed by atoms with E-state index in [-0.39, 0.29) is 0 Å². The minimum Gasteiger partial charge on any atom is -0.236 e. The van der Waals surface area contributed by atoms with Crippen LogP contribution in [0, 0.1) is 12.3 Å². The highest BCUT2D eigenvalue weighted by atomic mass is 32.1. The zero-order chi connectivity index (χ0) is 11.7. The van der Waals surface area contributed by atoms with E-state index in [0.29, 0.717) is 0 Å². The summed E-state index contributed by atoms with van der Waals surface area (Å²) >= 11 is 1.69. The van der Waals surface area contributed by atoms with Gasteiger partial charge in [0.05, 0.1) is 10.2 Å². The van der Waals surface area contributed by atoms with Crippen LogP contribution in [-0.2, 0) is 0 Å². The van der Waals surface area contributed by atoms with Crippen LogP contribution in [0.15, 0.2) is 48.5 Å². The fraction of sp³-hybridized carbons (Fsp3) is 0. The first-order valence-electron chi connectivity index (χ1n) is 5.29. The van der Waals surface area contributed by atoms with Gasteiger partial charge < -0.3 is 0 Å². The number of benzene rings is 2. The minimum atomic E-state index is 0.877. The smallest absolute Gasteiger partial charge is 0.124 e. The molecule has 0 atom stereocenters. The zero-order valence-corrected chi connectivity index (χ0v) is 9.87. The van der Waals surface area contributed by atoms with Gasteiger partial charge in [0.25, 0.3) is 0 Å². The summed E-state index contributed by atoms with van der Waals surface area (Å²) in [6, 6.07) is 16.1. The van der Waals surface area contributed by atoms with Gasteiger partial charge >= 0.3 is 0 Å². The lowest BCUT2D eigenvalue weighted by molar-refractivity contribution is 1.47. The van der Waals surface area contributed by atoms with Crippen molar-refractivity contribution in [2.45, 2.75) is 0 Å². The van der Waals surface area contributed by atoms with Gasteiger partial charge in [0.2, 0.25) is 0 Å². The third kappa shape index (κ3) is 1.82. The Morgan fingerprint density at radius 3 is 2.65 bits per heavy atom. The van der Waals surface area contributed by atoms with Crippen molar-refractivity contribution in [3.8, 4) is 22.9 Å². The van der Waals surface area contributed by atoms with Crippen molar-refractivity contribution in [1.82, 2.24) is 4.98 Å². The zero-order valence-electron chi connectivity index (χ0n) is 9.05. The van der Waals surface area contributed by atoms with E-state index in [2.05, 4.69) is 23.0 Å². The van der Waals surface area contributed by atoms with Gasteiger partial charge in [0.1, 0.15) is 5.01 Å². The Morgan fingerprint density at radius 1 is 1.06 bits per heavy atom. The molecule has 0 aliphatic heterocycles. The molecule has 2 heteroatoms. The lowest BCUT2D eigenvalue weighted by Crippen LogP contribution is -1.75. The number of terminal acetylenes is 1. The summed E-state index contributed by atoms with van der Waals surface area (Å²) in [6.07, 6.45) is 5.38. The third-order valence-electron chi connectivity index (χ3n) is 2.57. The normalized spacial score (nSPS) is 10.3. The Morgan fingerprint density at radius 2 is 1.88 bits per heavy atom. The Labute approximate surface area is 104 Å². The van der Waals surface area contributed by atoms with E-state index < -0.39 is 0 Å². The van der Waals surface area contributed by atoms with Crippen LogP contribution in [0.25, 0.3) is 20.8 Å². The van der Waals surface area contributed by atoms with E-state index in [1.807, 2.05) is 36.4 Å². The van der Waals surface area contributed by atoms with Gasteiger partial charge in [-0.05, 0) is 18.2 Å². The van der Waals surface area contributed by atoms with Crippen LogP contribution < -0.4 is 0 Å². The van der Waals surface area contributed by atoms with Crippen molar-refractivity contribution in [1.29, 1.82) is 0 Å². The Hall–Kier alpha value is -2.11. The fourth-order valence-electron chi connectivity index (χ4n) is 1.72. The molecule has 2 aromatic carbocycles. The van der Waals surface area contributed by atoms with Crippen molar-refractivity contribution < 1.29 is 0 Å². The Bertz CT molecular complexity index is 705. The van der Waals surface area contributed by atoms with Crippen LogP contribution >= 0.6 is 11.3 Å². The molecule has 0 saturated heterocycles. The number of thiazole rings is 1. The molecule has 0 aliphatic rings. The van der Waals surface area contributed by atoms with Crippen molar-refractivity contribution in [2.24, 2.45) is 0 Å². The summed E-state index contributed by atoms with van der Waals surface area (Å²) in [6.45, 7) is 0. The molecule has 0 amide bonds. The number of hydrogen-bond donors (Lipinski definition) is 0. The number of fused-ring (bicyclic) bond motifs is 1. The van der Waals surface area contributed by atoms with Gasteiger partial charge in [-0.1, -0.05) is 36.3 Å². The molecule has 80 valence electrons. The lowest BCUT2D eigenvalue weighted by atomic mass is 10.2. The average molecular weight is 235 g/mol. The molecule has 1 aromatic heterocycles. The largest absolute Gasteiger partial charge is 0.236 e. The molecule has 0 radical (unpaired) electrons. The summed E-state index contributed by atoms with van der Waals surface area (Å²) < 4.78 is 1.17. The predicted molar refractivity (Wildman–Crippen MR) is 73.0 cm³/mol. The van der Waals surface area contributed by atoms with Crippen LogP contribution in [0.3, 0.4) is 0 Å². The molecule has 0 saturated carbocycles. The first-order valence-corrected chi connectivity index (χ1v) is 6.11. The number of hydrogen-bond acceptors (Lipinski definition) is 2. The van der Waals surface area contributed by atoms with Crippen LogP contribution in [0.4, 0.5) is 0 Å². The molecule has 0 aliphatic carbocycles. The van der Waals surface area contributed by atoms with E-state index in [1.165, 1.54) is 4.70 Å². The van der Waals surface area contributed by atoms with Gasteiger partial charge in [-0.3, -0.25) is 0 Å². The highest BCUT2D eigenvalue weighted by molar-refractivity contribution is 7.21. The second-order valence-corrected chi connectivity index (χ2v) is 4.74. The SMILES string of the molecule is C#Cc1ccc2sc(-c3ccccc3)nc2c1. The molecule has 1 heterocycles. The van der Waals surface area contributed by atoms with Gasteiger partial charge in [0, 0.05) is 11.1 Å². The first kappa shape index (κ1) is 10.1. The molecule has 17 heavy (non-hydrogen) atoms. The van der Waals surface area contributed by atoms with Gasteiger partial charge in [0.15, 0.2) is 0 Å². The average Bonchev–Trinajstić information content (AvgIpc) is 2.82. The molecule has 0 unspecified atom stereocenters. The first-order chi connectivity index (χ1) is 8.36. The van der Waals surface area contributed by atoms with Gasteiger partial charge in [-0.25, -0.2) is 4.98 Å². The minimum absolute atomic E-state index is 0.877. The quantitative estimate of drug-likeness (QED) is 0.582. The van der Waals surface area contributed by atoms with Crippen molar-refractivity contribution in [3.63, 3.8) is 0 Å². The van der Waals surface area contributed by atoms with E-state index in [4.69, 9.17) is 6.42 Å². The molecule has 0 bridgehead atoms. The summed E-state index contributed by atoms with van der Waals surface area (Å²) in [4.78, 5) is 4.61. The standard InChI is InChI=1S/C15H9NS/c1-2-11-8-9-14-13(10-11)16-15(17-14)12-6-4-3-5-7-12/h1,3-10H. The molecule has 3 aromatic rings.